The van der Waals surface area contributed by atoms with Crippen molar-refractivity contribution in [2.75, 3.05) is 16.0 Å². The van der Waals surface area contributed by atoms with Gasteiger partial charge in [0.05, 0.1) is 5.75 Å². The average Bonchev–Trinajstić information content (AvgIpc) is 3.08. The van der Waals surface area contributed by atoms with Crippen LogP contribution in [0.1, 0.15) is 49.6 Å². The van der Waals surface area contributed by atoms with Crippen LogP contribution in [-0.2, 0) is 16.0 Å². The Morgan fingerprint density at radius 2 is 1.81 bits per heavy atom. The molecule has 1 heterocycles. The number of thioether (sulfide) groups is 1. The fourth-order valence-corrected chi connectivity index (χ4v) is 4.31. The number of benzene rings is 2. The molecule has 1 aliphatic rings. The Bertz CT molecular complexity index is 787. The Kier molecular flexibility index (Phi) is 6.56. The zero-order chi connectivity index (χ0) is 19.2. The van der Waals surface area contributed by atoms with Gasteiger partial charge in [0.15, 0.2) is 0 Å². The molecule has 0 spiro atoms. The number of anilines is 2. The molecule has 0 unspecified atom stereocenters. The van der Waals surface area contributed by atoms with Crippen LogP contribution in [0.4, 0.5) is 11.4 Å². The summed E-state index contributed by atoms with van der Waals surface area (Å²) in [5.41, 5.74) is 4.06. The fourth-order valence-electron chi connectivity index (χ4n) is 3.13. The minimum Gasteiger partial charge on any atom is -0.326 e. The highest BCUT2D eigenvalue weighted by molar-refractivity contribution is 8.00. The Labute approximate surface area is 165 Å². The Morgan fingerprint density at radius 1 is 1.11 bits per heavy atom. The lowest BCUT2D eigenvalue weighted by atomic mass is 10.1. The molecule has 0 bridgehead atoms. The van der Waals surface area contributed by atoms with Crippen LogP contribution in [0, 0.1) is 0 Å². The molecule has 0 aliphatic carbocycles. The minimum atomic E-state index is -0.0326. The number of aryl methyl sites for hydroxylation is 1. The predicted octanol–water partition coefficient (Wildman–Crippen LogP) is 5.16. The number of nitrogens with one attached hydrogen (secondary N) is 1. The lowest BCUT2D eigenvalue weighted by molar-refractivity contribution is -0.116. The van der Waals surface area contributed by atoms with E-state index in [1.165, 1.54) is 5.56 Å². The molecule has 3 rings (SSSR count). The first-order valence-corrected chi connectivity index (χ1v) is 10.6. The molecule has 27 heavy (non-hydrogen) atoms. The number of rotatable bonds is 7. The lowest BCUT2D eigenvalue weighted by Gasteiger charge is -2.24. The van der Waals surface area contributed by atoms with Gasteiger partial charge in [0, 0.05) is 17.8 Å². The number of carbonyl (C=O) groups excluding carboxylic acids is 2. The summed E-state index contributed by atoms with van der Waals surface area (Å²) in [6.07, 6.45) is 3.44. The lowest BCUT2D eigenvalue weighted by Crippen LogP contribution is -2.27. The van der Waals surface area contributed by atoms with Gasteiger partial charge in [0.2, 0.25) is 11.8 Å². The maximum absolute atomic E-state index is 12.5. The molecule has 1 saturated heterocycles. The number of hydrogen-bond donors (Lipinski definition) is 1. The van der Waals surface area contributed by atoms with Crippen LogP contribution in [0.5, 0.6) is 0 Å². The summed E-state index contributed by atoms with van der Waals surface area (Å²) in [5.74, 6) is 0.661. The Morgan fingerprint density at radius 3 is 2.44 bits per heavy atom. The summed E-state index contributed by atoms with van der Waals surface area (Å²) in [7, 11) is 0. The third-order valence-corrected chi connectivity index (χ3v) is 5.94. The van der Waals surface area contributed by atoms with Crippen LogP contribution in [0.15, 0.2) is 48.5 Å². The van der Waals surface area contributed by atoms with Crippen molar-refractivity contribution in [1.29, 1.82) is 0 Å². The molecule has 4 nitrogen and oxygen atoms in total. The second-order valence-corrected chi connectivity index (χ2v) is 7.79. The molecule has 1 N–H and O–H groups in total. The van der Waals surface area contributed by atoms with Gasteiger partial charge >= 0.3 is 0 Å². The zero-order valence-corrected chi connectivity index (χ0v) is 16.7. The molecule has 2 aromatic carbocycles. The van der Waals surface area contributed by atoms with Gasteiger partial charge in [0.25, 0.3) is 0 Å². The minimum absolute atomic E-state index is 0.0326. The van der Waals surface area contributed by atoms with E-state index in [0.29, 0.717) is 12.2 Å². The van der Waals surface area contributed by atoms with Crippen LogP contribution >= 0.6 is 11.8 Å². The molecule has 1 atom stereocenters. The molecular formula is C22H26N2O2S. The molecule has 1 fully saturated rings. The molecule has 2 amide bonds. The van der Waals surface area contributed by atoms with Crippen LogP contribution in [-0.4, -0.2) is 17.6 Å². The van der Waals surface area contributed by atoms with Gasteiger partial charge in [-0.05, 0) is 48.2 Å². The van der Waals surface area contributed by atoms with Gasteiger partial charge in [-0.1, -0.05) is 44.5 Å². The largest absolute Gasteiger partial charge is 0.326 e. The third-order valence-electron chi connectivity index (χ3n) is 4.73. The standard InChI is InChI=1S/C22H26N2O2S/c1-3-5-6-20(25)23-18-11-9-17(10-12-18)22-24(21(26)15-27-22)19-13-7-16(4-2)8-14-19/h7-14,22H,3-6,15H2,1-2H3,(H,23,25)/t22-/m1/s1. The van der Waals surface area contributed by atoms with Crippen molar-refractivity contribution < 1.29 is 9.59 Å². The highest BCUT2D eigenvalue weighted by atomic mass is 32.2. The normalized spacial score (nSPS) is 16.6. The van der Waals surface area contributed by atoms with Crippen molar-refractivity contribution in [2.45, 2.75) is 44.9 Å². The summed E-state index contributed by atoms with van der Waals surface area (Å²) in [6.45, 7) is 4.20. The first-order chi connectivity index (χ1) is 13.1. The van der Waals surface area contributed by atoms with Gasteiger partial charge in [0.1, 0.15) is 5.37 Å². The molecule has 0 aromatic heterocycles. The van der Waals surface area contributed by atoms with Crippen LogP contribution < -0.4 is 10.2 Å². The van der Waals surface area contributed by atoms with E-state index in [9.17, 15) is 9.59 Å². The van der Waals surface area contributed by atoms with E-state index in [1.54, 1.807) is 11.8 Å². The van der Waals surface area contributed by atoms with Crippen molar-refractivity contribution >= 4 is 35.0 Å². The molecule has 2 aromatic rings. The predicted molar refractivity (Wildman–Crippen MR) is 113 cm³/mol. The van der Waals surface area contributed by atoms with Crippen LogP contribution in [0.2, 0.25) is 0 Å². The number of unbranched alkanes of at least 4 members (excludes halogenated alkanes) is 1. The third kappa shape index (κ3) is 4.72. The maximum atomic E-state index is 12.5. The molecule has 142 valence electrons. The van der Waals surface area contributed by atoms with E-state index in [-0.39, 0.29) is 17.2 Å². The maximum Gasteiger partial charge on any atom is 0.238 e. The highest BCUT2D eigenvalue weighted by Crippen LogP contribution is 2.42. The second kappa shape index (κ2) is 9.09. The summed E-state index contributed by atoms with van der Waals surface area (Å²) in [5, 5.41) is 2.90. The van der Waals surface area contributed by atoms with Crippen LogP contribution in [0.3, 0.4) is 0 Å². The van der Waals surface area contributed by atoms with E-state index in [0.717, 1.165) is 36.2 Å². The molecule has 0 radical (unpaired) electrons. The van der Waals surface area contributed by atoms with Crippen molar-refractivity contribution in [2.24, 2.45) is 0 Å². The number of carbonyl (C=O) groups is 2. The average molecular weight is 383 g/mol. The van der Waals surface area contributed by atoms with Crippen molar-refractivity contribution in [3.05, 3.63) is 59.7 Å². The van der Waals surface area contributed by atoms with Gasteiger partial charge < -0.3 is 5.32 Å². The molecule has 0 saturated carbocycles. The van der Waals surface area contributed by atoms with E-state index in [2.05, 4.69) is 31.3 Å². The number of nitrogens with zero attached hydrogens (tertiary/aromatic N) is 1. The summed E-state index contributed by atoms with van der Waals surface area (Å²) in [6, 6.07) is 16.0. The summed E-state index contributed by atoms with van der Waals surface area (Å²) in [4.78, 5) is 26.2. The van der Waals surface area contributed by atoms with Gasteiger partial charge in [-0.2, -0.15) is 0 Å². The quantitative estimate of drug-likeness (QED) is 0.720. The topological polar surface area (TPSA) is 49.4 Å². The Balaban J connectivity index is 1.74. The van der Waals surface area contributed by atoms with Gasteiger partial charge in [-0.3, -0.25) is 14.5 Å². The molecule has 5 heteroatoms. The Hall–Kier alpha value is -2.27. The first kappa shape index (κ1) is 19.5. The molecule has 1 aliphatic heterocycles. The number of hydrogen-bond acceptors (Lipinski definition) is 3. The van der Waals surface area contributed by atoms with Gasteiger partial charge in [-0.15, -0.1) is 11.8 Å². The van der Waals surface area contributed by atoms with Crippen molar-refractivity contribution in [3.63, 3.8) is 0 Å². The zero-order valence-electron chi connectivity index (χ0n) is 15.9. The first-order valence-electron chi connectivity index (χ1n) is 9.54. The van der Waals surface area contributed by atoms with E-state index in [4.69, 9.17) is 0 Å². The highest BCUT2D eigenvalue weighted by Gasteiger charge is 2.33. The van der Waals surface area contributed by atoms with Crippen molar-refractivity contribution in [1.82, 2.24) is 0 Å². The number of amides is 2. The van der Waals surface area contributed by atoms with Crippen LogP contribution in [0.25, 0.3) is 0 Å². The van der Waals surface area contributed by atoms with Gasteiger partial charge in [-0.25, -0.2) is 0 Å². The van der Waals surface area contributed by atoms with Crippen molar-refractivity contribution in [3.8, 4) is 0 Å². The fraction of sp³-hybridized carbons (Fsp3) is 0.364. The summed E-state index contributed by atoms with van der Waals surface area (Å²) >= 11 is 1.64. The molecular weight excluding hydrogens is 356 g/mol. The van der Waals surface area contributed by atoms with E-state index >= 15 is 0 Å². The monoisotopic (exact) mass is 382 g/mol. The second-order valence-electron chi connectivity index (χ2n) is 6.72. The summed E-state index contributed by atoms with van der Waals surface area (Å²) < 4.78 is 0. The smallest absolute Gasteiger partial charge is 0.238 e. The van der Waals surface area contributed by atoms with E-state index < -0.39 is 0 Å². The SMILES string of the molecule is CCCCC(=O)Nc1ccc([C@H]2SCC(=O)N2c2ccc(CC)cc2)cc1. The van der Waals surface area contributed by atoms with E-state index in [1.807, 2.05) is 41.3 Å².